The summed E-state index contributed by atoms with van der Waals surface area (Å²) in [5, 5.41) is 13.3. The molecule has 0 aromatic rings. The molecule has 3 fully saturated rings. The van der Waals surface area contributed by atoms with Crippen LogP contribution in [0.1, 0.15) is 79.6 Å². The Balaban J connectivity index is 1.94. The second kappa shape index (κ2) is 14.6. The van der Waals surface area contributed by atoms with Crippen LogP contribution in [-0.4, -0.2) is 94.2 Å². The summed E-state index contributed by atoms with van der Waals surface area (Å²) < 4.78 is 12.3. The van der Waals surface area contributed by atoms with E-state index < -0.39 is 47.7 Å². The molecule has 3 rings (SSSR count). The minimum absolute atomic E-state index is 0.0854. The minimum Gasteiger partial charge on any atom is -0.460 e. The van der Waals surface area contributed by atoms with Crippen molar-refractivity contribution in [3.63, 3.8) is 0 Å². The Morgan fingerprint density at radius 2 is 1.95 bits per heavy atom. The molecule has 10 nitrogen and oxygen atoms in total. The SMILES string of the molecule is C=CCCC(=O)NC[C@H](C)OC(=O)[C@@H]1[C@H]2C(=O)N([C@@H](CO)[C@@H](C)CC)[C@H](C(=O)N(CC=C)C(C)CCC)[C@]23CC[C@H]1O3. The van der Waals surface area contributed by atoms with Crippen LogP contribution in [0.4, 0.5) is 0 Å². The zero-order chi connectivity index (χ0) is 31.2. The van der Waals surface area contributed by atoms with E-state index in [2.05, 4.69) is 25.4 Å². The van der Waals surface area contributed by atoms with Crippen molar-refractivity contribution in [1.82, 2.24) is 15.1 Å². The number of hydrogen-bond donors (Lipinski definition) is 2. The van der Waals surface area contributed by atoms with Crippen LogP contribution in [0, 0.1) is 17.8 Å². The van der Waals surface area contributed by atoms with Crippen LogP contribution in [0.25, 0.3) is 0 Å². The maximum atomic E-state index is 14.5. The lowest BCUT2D eigenvalue weighted by Crippen LogP contribution is -2.60. The number of likely N-dealkylation sites (tertiary alicyclic amines) is 1. The Morgan fingerprint density at radius 1 is 1.24 bits per heavy atom. The molecule has 3 aliphatic rings. The number of nitrogens with zero attached hydrogens (tertiary/aromatic N) is 2. The van der Waals surface area contributed by atoms with Crippen LogP contribution in [-0.2, 0) is 28.7 Å². The van der Waals surface area contributed by atoms with Crippen molar-refractivity contribution in [3.05, 3.63) is 25.3 Å². The van der Waals surface area contributed by atoms with Crippen molar-refractivity contribution in [3.8, 4) is 0 Å². The van der Waals surface area contributed by atoms with E-state index in [0.29, 0.717) is 38.6 Å². The van der Waals surface area contributed by atoms with Gasteiger partial charge in [0.25, 0.3) is 0 Å². The van der Waals surface area contributed by atoms with Crippen LogP contribution >= 0.6 is 0 Å². The molecule has 2 bridgehead atoms. The number of carbonyl (C=O) groups excluding carboxylic acids is 4. The van der Waals surface area contributed by atoms with Crippen molar-refractivity contribution < 1.29 is 33.8 Å². The van der Waals surface area contributed by atoms with E-state index in [0.717, 1.165) is 12.8 Å². The fourth-order valence-electron chi connectivity index (χ4n) is 7.06. The number of nitrogens with one attached hydrogen (secondary N) is 1. The second-order valence-electron chi connectivity index (χ2n) is 12.2. The number of amides is 3. The van der Waals surface area contributed by atoms with Gasteiger partial charge in [0.15, 0.2) is 0 Å². The fourth-order valence-corrected chi connectivity index (χ4v) is 7.06. The van der Waals surface area contributed by atoms with Gasteiger partial charge in [-0.15, -0.1) is 13.2 Å². The number of hydrogen-bond acceptors (Lipinski definition) is 7. The number of ether oxygens (including phenoxy) is 2. The maximum Gasteiger partial charge on any atom is 0.312 e. The Kier molecular flexibility index (Phi) is 11.8. The molecule has 0 aromatic heterocycles. The lowest BCUT2D eigenvalue weighted by Gasteiger charge is -2.42. The van der Waals surface area contributed by atoms with E-state index >= 15 is 0 Å². The molecule has 236 valence electrons. The van der Waals surface area contributed by atoms with E-state index in [1.165, 1.54) is 0 Å². The van der Waals surface area contributed by atoms with Crippen molar-refractivity contribution in [1.29, 1.82) is 0 Å². The summed E-state index contributed by atoms with van der Waals surface area (Å²) in [6.45, 7) is 17.3. The number of rotatable bonds is 17. The number of fused-ring (bicyclic) bond motifs is 1. The van der Waals surface area contributed by atoms with Crippen LogP contribution in [0.5, 0.6) is 0 Å². The molecule has 3 aliphatic heterocycles. The predicted octanol–water partition coefficient (Wildman–Crippen LogP) is 2.99. The van der Waals surface area contributed by atoms with Crippen molar-refractivity contribution >= 4 is 23.7 Å². The van der Waals surface area contributed by atoms with Gasteiger partial charge in [-0.05, 0) is 45.4 Å². The molecule has 42 heavy (non-hydrogen) atoms. The van der Waals surface area contributed by atoms with Crippen LogP contribution in [0.2, 0.25) is 0 Å². The molecule has 3 saturated heterocycles. The van der Waals surface area contributed by atoms with Crippen LogP contribution in [0.3, 0.4) is 0 Å². The number of carbonyl (C=O) groups is 4. The number of esters is 1. The highest BCUT2D eigenvalue weighted by atomic mass is 16.6. The molecule has 2 N–H and O–H groups in total. The molecule has 9 atom stereocenters. The summed E-state index contributed by atoms with van der Waals surface area (Å²) in [5.74, 6) is -3.16. The van der Waals surface area contributed by atoms with E-state index in [1.807, 2.05) is 20.8 Å². The first-order valence-electron chi connectivity index (χ1n) is 15.6. The van der Waals surface area contributed by atoms with Gasteiger partial charge in [0.05, 0.1) is 37.1 Å². The summed E-state index contributed by atoms with van der Waals surface area (Å²) in [5.41, 5.74) is -1.18. The summed E-state index contributed by atoms with van der Waals surface area (Å²) in [7, 11) is 0. The molecule has 1 unspecified atom stereocenters. The quantitative estimate of drug-likeness (QED) is 0.197. The second-order valence-corrected chi connectivity index (χ2v) is 12.2. The van der Waals surface area contributed by atoms with Gasteiger partial charge in [0.2, 0.25) is 17.7 Å². The molecular formula is C32H51N3O7. The Morgan fingerprint density at radius 3 is 2.55 bits per heavy atom. The first-order chi connectivity index (χ1) is 20.0. The molecule has 1 spiro atoms. The lowest BCUT2D eigenvalue weighted by molar-refractivity contribution is -0.160. The van der Waals surface area contributed by atoms with Gasteiger partial charge in [0.1, 0.15) is 17.7 Å². The highest BCUT2D eigenvalue weighted by Gasteiger charge is 2.76. The van der Waals surface area contributed by atoms with Gasteiger partial charge in [-0.3, -0.25) is 19.2 Å². The third-order valence-corrected chi connectivity index (χ3v) is 9.42. The Hall–Kier alpha value is -2.72. The molecule has 10 heteroatoms. The number of aliphatic hydroxyl groups excluding tert-OH is 1. The highest BCUT2D eigenvalue weighted by molar-refractivity contribution is 5.98. The van der Waals surface area contributed by atoms with Gasteiger partial charge < -0.3 is 29.7 Å². The average Bonchev–Trinajstić information content (AvgIpc) is 3.61. The van der Waals surface area contributed by atoms with E-state index in [4.69, 9.17) is 9.47 Å². The minimum atomic E-state index is -1.18. The van der Waals surface area contributed by atoms with Crippen LogP contribution in [0.15, 0.2) is 25.3 Å². The maximum absolute atomic E-state index is 14.5. The number of aliphatic hydroxyl groups is 1. The lowest BCUT2D eigenvalue weighted by atomic mass is 9.70. The first-order valence-corrected chi connectivity index (χ1v) is 15.6. The van der Waals surface area contributed by atoms with Crippen molar-refractivity contribution in [2.24, 2.45) is 17.8 Å². The van der Waals surface area contributed by atoms with Crippen LogP contribution < -0.4 is 5.32 Å². The van der Waals surface area contributed by atoms with E-state index in [1.54, 1.807) is 28.9 Å². The normalized spacial score (nSPS) is 28.9. The van der Waals surface area contributed by atoms with Gasteiger partial charge >= 0.3 is 5.97 Å². The molecule has 3 heterocycles. The van der Waals surface area contributed by atoms with E-state index in [9.17, 15) is 24.3 Å². The summed E-state index contributed by atoms with van der Waals surface area (Å²) in [4.78, 5) is 57.8. The molecule has 3 amide bonds. The monoisotopic (exact) mass is 589 g/mol. The molecule has 0 saturated carbocycles. The summed E-state index contributed by atoms with van der Waals surface area (Å²) in [6, 6.07) is -1.66. The standard InChI is InChI=1S/C32H51N3O7/c1-8-12-14-25(37)33-18-22(7)41-31(40)26-24-15-16-32(42-24)27(26)29(38)35(23(19-36)20(5)11-4)28(32)30(39)34(17-10-3)21(6)13-9-2/h8,10,20-24,26-28,36H,1,3,9,11-19H2,2,4-7H3,(H,33,37)/t20-,21?,22-,23-,24+,26-,27-,28+,32-/m0/s1. The Bertz CT molecular complexity index is 1020. The predicted molar refractivity (Wildman–Crippen MR) is 159 cm³/mol. The van der Waals surface area contributed by atoms with E-state index in [-0.39, 0.29) is 42.8 Å². The highest BCUT2D eigenvalue weighted by Crippen LogP contribution is 2.59. The van der Waals surface area contributed by atoms with Crippen molar-refractivity contribution in [2.45, 2.75) is 115 Å². The topological polar surface area (TPSA) is 125 Å². The average molecular weight is 590 g/mol. The smallest absolute Gasteiger partial charge is 0.312 e. The molecule has 0 radical (unpaired) electrons. The third kappa shape index (κ3) is 6.44. The van der Waals surface area contributed by atoms with Gasteiger partial charge in [-0.1, -0.05) is 45.8 Å². The molecule has 0 aromatic carbocycles. The first kappa shape index (κ1) is 33.8. The van der Waals surface area contributed by atoms with Gasteiger partial charge in [0, 0.05) is 19.0 Å². The Labute approximate surface area is 250 Å². The van der Waals surface area contributed by atoms with Gasteiger partial charge in [-0.2, -0.15) is 0 Å². The zero-order valence-electron chi connectivity index (χ0n) is 26.0. The molecule has 0 aliphatic carbocycles. The third-order valence-electron chi connectivity index (χ3n) is 9.42. The van der Waals surface area contributed by atoms with Gasteiger partial charge in [-0.25, -0.2) is 0 Å². The largest absolute Gasteiger partial charge is 0.460 e. The molecular weight excluding hydrogens is 538 g/mol. The number of allylic oxidation sites excluding steroid dienone is 1. The zero-order valence-corrected chi connectivity index (χ0v) is 26.0. The summed E-state index contributed by atoms with van der Waals surface area (Å²) in [6.07, 6.45) is 6.38. The fraction of sp³-hybridized carbons (Fsp3) is 0.750. The summed E-state index contributed by atoms with van der Waals surface area (Å²) >= 11 is 0. The van der Waals surface area contributed by atoms with Crippen molar-refractivity contribution in [2.75, 3.05) is 19.7 Å².